The molecule has 0 atom stereocenters. The molecule has 4 saturated carbocycles. The highest BCUT2D eigenvalue weighted by Crippen LogP contribution is 2.55. The second-order valence-electron chi connectivity index (χ2n) is 7.51. The fraction of sp³-hybridized carbons (Fsp3) is 0.722. The molecule has 0 spiro atoms. The Kier molecular flexibility index (Phi) is 3.56. The van der Waals surface area contributed by atoms with Gasteiger partial charge in [-0.05, 0) is 73.6 Å². The first-order chi connectivity index (χ1) is 10.2. The topological polar surface area (TPSA) is 20.3 Å². The summed E-state index contributed by atoms with van der Waals surface area (Å²) in [6.07, 6.45) is 8.63. The minimum Gasteiger partial charge on any atom is -0.342 e. The van der Waals surface area contributed by atoms with Gasteiger partial charge < -0.3 is 4.90 Å². The summed E-state index contributed by atoms with van der Waals surface area (Å²) in [5.74, 6) is 3.94. The minimum absolute atomic E-state index is 0.362. The van der Waals surface area contributed by atoms with Crippen molar-refractivity contribution in [2.24, 2.45) is 23.7 Å². The van der Waals surface area contributed by atoms with Crippen molar-refractivity contribution in [1.29, 1.82) is 0 Å². The summed E-state index contributed by atoms with van der Waals surface area (Å²) in [6.45, 7) is 0. The lowest BCUT2D eigenvalue weighted by molar-refractivity contribution is -0.141. The van der Waals surface area contributed by atoms with Crippen LogP contribution in [0, 0.1) is 23.7 Å². The van der Waals surface area contributed by atoms with Gasteiger partial charge in [0.15, 0.2) is 0 Å². The van der Waals surface area contributed by atoms with Gasteiger partial charge in [0.1, 0.15) is 0 Å². The Morgan fingerprint density at radius 3 is 2.43 bits per heavy atom. The van der Waals surface area contributed by atoms with Gasteiger partial charge in [0.2, 0.25) is 5.91 Å². The van der Waals surface area contributed by atoms with E-state index in [2.05, 4.69) is 29.5 Å². The van der Waals surface area contributed by atoms with E-state index in [4.69, 9.17) is 0 Å². The van der Waals surface area contributed by atoms with E-state index in [0.29, 0.717) is 18.4 Å². The summed E-state index contributed by atoms with van der Waals surface area (Å²) >= 11 is 1.76. The number of carbonyl (C=O) groups excluding carboxylic acids is 1. The van der Waals surface area contributed by atoms with Gasteiger partial charge in [-0.1, -0.05) is 6.07 Å². The number of nitrogens with zero attached hydrogens (tertiary/aromatic N) is 1. The predicted octanol–water partition coefficient (Wildman–Crippen LogP) is 3.96. The molecule has 2 nitrogen and oxygen atoms in total. The standard InChI is InChI=1S/C18H25NOS/c1-19(17(20)5-4-16-3-2-6-21-16)18-14-8-12-7-13(10-14)11-15(18)9-12/h2-3,6,12-15,18H,4-5,7-11H2,1H3. The lowest BCUT2D eigenvalue weighted by Crippen LogP contribution is -2.56. The molecule has 0 radical (unpaired) electrons. The second kappa shape index (κ2) is 5.42. The van der Waals surface area contributed by atoms with Crippen LogP contribution in [0.25, 0.3) is 0 Å². The summed E-state index contributed by atoms with van der Waals surface area (Å²) in [4.78, 5) is 16.1. The van der Waals surface area contributed by atoms with Crippen molar-refractivity contribution in [2.75, 3.05) is 7.05 Å². The van der Waals surface area contributed by atoms with Crippen LogP contribution in [0.15, 0.2) is 17.5 Å². The zero-order valence-corrected chi connectivity index (χ0v) is 13.6. The Labute approximate surface area is 131 Å². The Morgan fingerprint density at radius 2 is 1.86 bits per heavy atom. The normalized spacial score (nSPS) is 36.9. The number of amides is 1. The first-order valence-electron chi connectivity index (χ1n) is 8.48. The quantitative estimate of drug-likeness (QED) is 0.824. The minimum atomic E-state index is 0.362. The third-order valence-electron chi connectivity index (χ3n) is 6.18. The first kappa shape index (κ1) is 13.8. The molecule has 4 aliphatic rings. The summed E-state index contributed by atoms with van der Waals surface area (Å²) < 4.78 is 0. The van der Waals surface area contributed by atoms with Crippen LogP contribution in [0.1, 0.15) is 43.4 Å². The zero-order chi connectivity index (χ0) is 14.4. The Morgan fingerprint density at radius 1 is 1.19 bits per heavy atom. The van der Waals surface area contributed by atoms with Crippen LogP contribution in [-0.4, -0.2) is 23.9 Å². The van der Waals surface area contributed by atoms with E-state index in [-0.39, 0.29) is 0 Å². The van der Waals surface area contributed by atoms with Gasteiger partial charge in [0, 0.05) is 24.4 Å². The monoisotopic (exact) mass is 303 g/mol. The molecule has 0 aromatic carbocycles. The molecule has 1 heterocycles. The van der Waals surface area contributed by atoms with Gasteiger partial charge in [0.05, 0.1) is 0 Å². The lowest BCUT2D eigenvalue weighted by atomic mass is 9.54. The number of aryl methyl sites for hydroxylation is 1. The van der Waals surface area contributed by atoms with Crippen LogP contribution in [0.3, 0.4) is 0 Å². The van der Waals surface area contributed by atoms with Gasteiger partial charge in [-0.15, -0.1) is 11.3 Å². The Hall–Kier alpha value is -0.830. The predicted molar refractivity (Wildman–Crippen MR) is 86.2 cm³/mol. The molecule has 0 unspecified atom stereocenters. The largest absolute Gasteiger partial charge is 0.342 e. The van der Waals surface area contributed by atoms with Gasteiger partial charge in [0.25, 0.3) is 0 Å². The van der Waals surface area contributed by atoms with Crippen LogP contribution in [0.5, 0.6) is 0 Å². The summed E-state index contributed by atoms with van der Waals surface area (Å²) in [5, 5.41) is 2.10. The molecule has 1 aromatic heterocycles. The van der Waals surface area contributed by atoms with Crippen molar-refractivity contribution >= 4 is 17.2 Å². The third kappa shape index (κ3) is 2.54. The van der Waals surface area contributed by atoms with Gasteiger partial charge >= 0.3 is 0 Å². The van der Waals surface area contributed by atoms with E-state index < -0.39 is 0 Å². The van der Waals surface area contributed by atoms with Crippen molar-refractivity contribution in [3.05, 3.63) is 22.4 Å². The number of hydrogen-bond donors (Lipinski definition) is 0. The van der Waals surface area contributed by atoms with E-state index in [9.17, 15) is 4.79 Å². The number of hydrogen-bond acceptors (Lipinski definition) is 2. The van der Waals surface area contributed by atoms with Crippen molar-refractivity contribution in [1.82, 2.24) is 4.90 Å². The molecule has 1 amide bonds. The average molecular weight is 303 g/mol. The number of carbonyl (C=O) groups is 1. The maximum absolute atomic E-state index is 12.6. The van der Waals surface area contributed by atoms with E-state index >= 15 is 0 Å². The van der Waals surface area contributed by atoms with Crippen LogP contribution < -0.4 is 0 Å². The average Bonchev–Trinajstić information content (AvgIpc) is 2.96. The lowest BCUT2D eigenvalue weighted by Gasteiger charge is -2.56. The smallest absolute Gasteiger partial charge is 0.222 e. The first-order valence-corrected chi connectivity index (χ1v) is 9.36. The van der Waals surface area contributed by atoms with Crippen LogP contribution in [0.4, 0.5) is 0 Å². The SMILES string of the molecule is CN(C(=O)CCc1cccs1)C1C2CC3CC(C2)CC1C3. The van der Waals surface area contributed by atoms with Crippen LogP contribution in [0.2, 0.25) is 0 Å². The highest BCUT2D eigenvalue weighted by molar-refractivity contribution is 7.09. The highest BCUT2D eigenvalue weighted by Gasteiger charge is 2.50. The fourth-order valence-electron chi connectivity index (χ4n) is 5.56. The molecule has 5 rings (SSSR count). The fourth-order valence-corrected chi connectivity index (χ4v) is 6.27. The maximum atomic E-state index is 12.6. The van der Waals surface area contributed by atoms with E-state index in [1.165, 1.54) is 37.0 Å². The Balaban J connectivity index is 1.40. The number of thiophene rings is 1. The van der Waals surface area contributed by atoms with Crippen LogP contribution >= 0.6 is 11.3 Å². The molecular formula is C18H25NOS. The van der Waals surface area contributed by atoms with Crippen molar-refractivity contribution in [3.8, 4) is 0 Å². The highest BCUT2D eigenvalue weighted by atomic mass is 32.1. The molecule has 0 saturated heterocycles. The third-order valence-corrected chi connectivity index (χ3v) is 7.12. The molecule has 21 heavy (non-hydrogen) atoms. The van der Waals surface area contributed by atoms with Gasteiger partial charge in [-0.3, -0.25) is 4.79 Å². The molecule has 114 valence electrons. The van der Waals surface area contributed by atoms with E-state index in [1.54, 1.807) is 11.3 Å². The van der Waals surface area contributed by atoms with E-state index in [1.807, 2.05) is 0 Å². The van der Waals surface area contributed by atoms with Gasteiger partial charge in [-0.25, -0.2) is 0 Å². The molecule has 4 aliphatic carbocycles. The van der Waals surface area contributed by atoms with Crippen LogP contribution in [-0.2, 0) is 11.2 Å². The molecule has 0 aliphatic heterocycles. The van der Waals surface area contributed by atoms with Crippen molar-refractivity contribution < 1.29 is 4.79 Å². The maximum Gasteiger partial charge on any atom is 0.222 e. The van der Waals surface area contributed by atoms with Crippen molar-refractivity contribution in [2.45, 2.75) is 51.0 Å². The molecule has 4 bridgehead atoms. The molecule has 0 N–H and O–H groups in total. The summed E-state index contributed by atoms with van der Waals surface area (Å²) in [5.41, 5.74) is 0. The summed E-state index contributed by atoms with van der Waals surface area (Å²) in [6, 6.07) is 4.76. The second-order valence-corrected chi connectivity index (χ2v) is 8.54. The summed E-state index contributed by atoms with van der Waals surface area (Å²) in [7, 11) is 2.07. The Bertz CT molecular complexity index is 481. The molecular weight excluding hydrogens is 278 g/mol. The molecule has 3 heteroatoms. The number of rotatable bonds is 4. The van der Waals surface area contributed by atoms with E-state index in [0.717, 1.165) is 30.1 Å². The van der Waals surface area contributed by atoms with Crippen molar-refractivity contribution in [3.63, 3.8) is 0 Å². The van der Waals surface area contributed by atoms with Gasteiger partial charge in [-0.2, -0.15) is 0 Å². The molecule has 1 aromatic rings. The molecule has 4 fully saturated rings. The zero-order valence-electron chi connectivity index (χ0n) is 12.8.